The smallest absolute Gasteiger partial charge is 0.224 e. The van der Waals surface area contributed by atoms with Gasteiger partial charge in [0.15, 0.2) is 9.04 Å². The number of hydrogen-bond donors (Lipinski definition) is 1. The Hall–Kier alpha value is -1.56. The number of rotatable bonds is 8. The summed E-state index contributed by atoms with van der Waals surface area (Å²) in [5.41, 5.74) is 4.98. The van der Waals surface area contributed by atoms with Crippen LogP contribution < -0.4 is 10.1 Å². The van der Waals surface area contributed by atoms with E-state index in [1.807, 2.05) is 32.9 Å². The van der Waals surface area contributed by atoms with Gasteiger partial charge >= 0.3 is 0 Å². The van der Waals surface area contributed by atoms with Gasteiger partial charge in [0.2, 0.25) is 5.88 Å². The van der Waals surface area contributed by atoms with Crippen LogP contribution in [-0.2, 0) is 4.43 Å². The van der Waals surface area contributed by atoms with Gasteiger partial charge in [0.1, 0.15) is 5.75 Å². The molecule has 172 valence electrons. The van der Waals surface area contributed by atoms with E-state index in [1.165, 1.54) is 0 Å². The molecule has 0 radical (unpaired) electrons. The van der Waals surface area contributed by atoms with Gasteiger partial charge in [0.25, 0.3) is 0 Å². The Balaban J connectivity index is 2.41. The molecular weight excluding hydrogens is 424 g/mol. The van der Waals surface area contributed by atoms with Gasteiger partial charge in [0, 0.05) is 22.0 Å². The zero-order valence-corrected chi connectivity index (χ0v) is 22.7. The summed E-state index contributed by atoms with van der Waals surface area (Å²) in [6.45, 7) is 21.5. The maximum atomic E-state index is 6.50. The Morgan fingerprint density at radius 3 is 2.13 bits per heavy atom. The first kappa shape index (κ1) is 25.7. The third-order valence-corrected chi connectivity index (χ3v) is 6.45. The van der Waals surface area contributed by atoms with Crippen molar-refractivity contribution < 1.29 is 9.16 Å². The predicted octanol–water partition coefficient (Wildman–Crippen LogP) is 7.37. The Labute approximate surface area is 195 Å². The minimum atomic E-state index is -1.19. The zero-order valence-electron chi connectivity index (χ0n) is 20.8. The molecule has 2 atom stereocenters. The molecule has 2 unspecified atom stereocenters. The van der Waals surface area contributed by atoms with Crippen LogP contribution in [0.3, 0.4) is 0 Å². The van der Waals surface area contributed by atoms with Crippen LogP contribution in [0.25, 0.3) is 0 Å². The number of pyridine rings is 1. The number of aromatic nitrogens is 1. The molecule has 0 spiro atoms. The number of nitrogens with one attached hydrogen (secondary N) is 1. The van der Waals surface area contributed by atoms with Crippen molar-refractivity contribution in [3.05, 3.63) is 45.6 Å². The van der Waals surface area contributed by atoms with Gasteiger partial charge in [-0.1, -0.05) is 39.3 Å². The van der Waals surface area contributed by atoms with Crippen molar-refractivity contribution in [2.45, 2.75) is 87.1 Å². The lowest BCUT2D eigenvalue weighted by Gasteiger charge is -2.39. The summed E-state index contributed by atoms with van der Waals surface area (Å²) >= 11 is 6.19. The summed E-state index contributed by atoms with van der Waals surface area (Å²) in [7, 11) is -1.19. The topological polar surface area (TPSA) is 43.4 Å². The molecule has 31 heavy (non-hydrogen) atoms. The molecule has 0 aliphatic carbocycles. The van der Waals surface area contributed by atoms with E-state index in [2.05, 4.69) is 64.1 Å². The summed E-state index contributed by atoms with van der Waals surface area (Å²) < 4.78 is 12.8. The van der Waals surface area contributed by atoms with E-state index in [9.17, 15) is 0 Å². The van der Waals surface area contributed by atoms with Crippen LogP contribution in [-0.4, -0.2) is 26.2 Å². The number of benzene rings is 1. The van der Waals surface area contributed by atoms with E-state index in [0.717, 1.165) is 40.2 Å². The number of hydrogen-bond acceptors (Lipinski definition) is 4. The van der Waals surface area contributed by atoms with Crippen LogP contribution in [0.2, 0.25) is 18.1 Å². The molecule has 0 fully saturated rings. The second-order valence-electron chi connectivity index (χ2n) is 9.84. The molecule has 2 aromatic rings. The summed E-state index contributed by atoms with van der Waals surface area (Å²) in [6, 6.07) is 6.13. The van der Waals surface area contributed by atoms with Gasteiger partial charge in [-0.25, -0.2) is 4.98 Å². The van der Waals surface area contributed by atoms with Gasteiger partial charge in [-0.3, -0.25) is 0 Å². The van der Waals surface area contributed by atoms with Crippen LogP contribution in [0.1, 0.15) is 56.5 Å². The molecule has 0 bridgehead atoms. The molecule has 1 N–H and O–H groups in total. The normalized spacial score (nSPS) is 13.9. The van der Waals surface area contributed by atoms with E-state index in [-0.39, 0.29) is 17.6 Å². The number of nitrogens with zero attached hydrogens (tertiary/aromatic N) is 1. The van der Waals surface area contributed by atoms with E-state index in [0.29, 0.717) is 10.9 Å². The Morgan fingerprint density at radius 2 is 1.65 bits per heavy atom. The molecule has 6 heteroatoms. The summed E-state index contributed by atoms with van der Waals surface area (Å²) in [6.07, 6.45) is 1.09. The molecule has 0 saturated heterocycles. The highest BCUT2D eigenvalue weighted by Crippen LogP contribution is 2.36. The van der Waals surface area contributed by atoms with E-state index >= 15 is 0 Å². The SMILES string of the molecule is CCC(Nc1cc(C)nc(Oc2c(C)cc(Cl)cc2C)c1C)C(O[SiH](C)C)C(C)(C)C. The molecule has 1 heterocycles. The average Bonchev–Trinajstić information content (AvgIpc) is 2.63. The van der Waals surface area contributed by atoms with E-state index in [1.54, 1.807) is 0 Å². The second kappa shape index (κ2) is 10.4. The lowest BCUT2D eigenvalue weighted by molar-refractivity contribution is 0.0675. The fourth-order valence-corrected chi connectivity index (χ4v) is 5.41. The number of ether oxygens (including phenoxy) is 1. The first-order valence-corrected chi connectivity index (χ1v) is 14.3. The van der Waals surface area contributed by atoms with Crippen molar-refractivity contribution in [3.8, 4) is 11.6 Å². The van der Waals surface area contributed by atoms with Crippen LogP contribution in [0.15, 0.2) is 18.2 Å². The Morgan fingerprint density at radius 1 is 1.06 bits per heavy atom. The number of anilines is 1. The third kappa shape index (κ3) is 6.71. The summed E-state index contributed by atoms with van der Waals surface area (Å²) in [5.74, 6) is 1.43. The molecule has 0 amide bonds. The monoisotopic (exact) mass is 462 g/mol. The highest BCUT2D eigenvalue weighted by atomic mass is 35.5. The van der Waals surface area contributed by atoms with Crippen molar-refractivity contribution in [1.82, 2.24) is 4.98 Å². The van der Waals surface area contributed by atoms with Crippen LogP contribution in [0.4, 0.5) is 5.69 Å². The molecule has 0 aliphatic heterocycles. The molecule has 1 aromatic carbocycles. The highest BCUT2D eigenvalue weighted by molar-refractivity contribution is 6.48. The van der Waals surface area contributed by atoms with Crippen molar-refractivity contribution in [2.24, 2.45) is 5.41 Å². The van der Waals surface area contributed by atoms with Gasteiger partial charge in [0.05, 0.1) is 12.1 Å². The Bertz CT molecular complexity index is 886. The molecule has 0 saturated carbocycles. The van der Waals surface area contributed by atoms with Crippen molar-refractivity contribution in [3.63, 3.8) is 0 Å². The van der Waals surface area contributed by atoms with E-state index in [4.69, 9.17) is 20.8 Å². The zero-order chi connectivity index (χ0) is 23.5. The third-order valence-electron chi connectivity index (χ3n) is 5.40. The first-order valence-electron chi connectivity index (χ1n) is 11.2. The van der Waals surface area contributed by atoms with Gasteiger partial charge in [-0.05, 0) is 82.0 Å². The molecule has 2 rings (SSSR count). The quantitative estimate of drug-likeness (QED) is 0.416. The second-order valence-corrected chi connectivity index (χ2v) is 12.6. The summed E-state index contributed by atoms with van der Waals surface area (Å²) in [5, 5.41) is 4.48. The maximum Gasteiger partial charge on any atom is 0.224 e. The average molecular weight is 463 g/mol. The van der Waals surface area contributed by atoms with Crippen LogP contribution >= 0.6 is 11.6 Å². The molecule has 4 nitrogen and oxygen atoms in total. The van der Waals surface area contributed by atoms with E-state index < -0.39 is 9.04 Å². The van der Waals surface area contributed by atoms with Gasteiger partial charge < -0.3 is 14.5 Å². The first-order chi connectivity index (χ1) is 14.3. The van der Waals surface area contributed by atoms with Crippen LogP contribution in [0, 0.1) is 33.1 Å². The minimum absolute atomic E-state index is 0.0395. The number of aryl methyl sites for hydroxylation is 3. The van der Waals surface area contributed by atoms with Gasteiger partial charge in [-0.15, -0.1) is 0 Å². The highest BCUT2D eigenvalue weighted by Gasteiger charge is 2.33. The standard InChI is InChI=1S/C25H39ClN2O2Si/c1-11-20(23(25(6,7)8)30-31(9)10)28-21-14-17(4)27-24(18(21)5)29-22-15(2)12-19(26)13-16(22)3/h12-14,20,23,31H,11H2,1-10H3,(H,27,28). The fraction of sp³-hybridized carbons (Fsp3) is 0.560. The van der Waals surface area contributed by atoms with Crippen LogP contribution in [0.5, 0.6) is 11.6 Å². The van der Waals surface area contributed by atoms with Crippen molar-refractivity contribution >= 4 is 26.3 Å². The molecular formula is C25H39ClN2O2Si. The van der Waals surface area contributed by atoms with Crippen molar-refractivity contribution in [2.75, 3.05) is 5.32 Å². The van der Waals surface area contributed by atoms with Gasteiger partial charge in [-0.2, -0.15) is 0 Å². The minimum Gasteiger partial charge on any atom is -0.438 e. The maximum absolute atomic E-state index is 6.50. The lowest BCUT2D eigenvalue weighted by Crippen LogP contribution is -2.46. The fourth-order valence-electron chi connectivity index (χ4n) is 3.90. The number of halogens is 1. The summed E-state index contributed by atoms with van der Waals surface area (Å²) in [4.78, 5) is 4.69. The predicted molar refractivity (Wildman–Crippen MR) is 136 cm³/mol. The Kier molecular flexibility index (Phi) is 8.59. The lowest BCUT2D eigenvalue weighted by atomic mass is 9.83. The molecule has 1 aromatic heterocycles. The largest absolute Gasteiger partial charge is 0.438 e. The van der Waals surface area contributed by atoms with Crippen molar-refractivity contribution in [1.29, 1.82) is 0 Å². The molecule has 0 aliphatic rings.